The summed E-state index contributed by atoms with van der Waals surface area (Å²) in [6.07, 6.45) is -9.83. The highest BCUT2D eigenvalue weighted by atomic mass is 32.1. The van der Waals surface area contributed by atoms with Gasteiger partial charge in [-0.1, -0.05) is 12.1 Å². The molecule has 0 aliphatic carbocycles. The summed E-state index contributed by atoms with van der Waals surface area (Å²) < 4.78 is 76.9. The Morgan fingerprint density at radius 1 is 0.800 bits per heavy atom. The van der Waals surface area contributed by atoms with Gasteiger partial charge in [0.05, 0.1) is 11.1 Å². The molecule has 134 valence electrons. The van der Waals surface area contributed by atoms with Gasteiger partial charge in [0, 0.05) is 11.4 Å². The van der Waals surface area contributed by atoms with Gasteiger partial charge in [-0.25, -0.2) is 0 Å². The third-order valence-corrected chi connectivity index (χ3v) is 3.33. The fourth-order valence-electron chi connectivity index (χ4n) is 2.04. The molecule has 2 nitrogen and oxygen atoms in total. The Morgan fingerprint density at radius 3 is 1.80 bits per heavy atom. The number of hydrogen-bond acceptors (Lipinski definition) is 1. The minimum absolute atomic E-state index is 0.0577. The van der Waals surface area contributed by atoms with Gasteiger partial charge in [0.2, 0.25) is 0 Å². The molecule has 0 fully saturated rings. The monoisotopic (exact) mass is 378 g/mol. The zero-order chi connectivity index (χ0) is 18.8. The molecule has 0 atom stereocenters. The van der Waals surface area contributed by atoms with Gasteiger partial charge < -0.3 is 10.6 Å². The largest absolute Gasteiger partial charge is 0.416 e. The number of hydrogen-bond donors (Lipinski definition) is 2. The lowest BCUT2D eigenvalue weighted by atomic mass is 10.1. The van der Waals surface area contributed by atoms with E-state index in [2.05, 4.69) is 10.6 Å². The Labute approximate surface area is 144 Å². The smallest absolute Gasteiger partial charge is 0.332 e. The number of aryl methyl sites for hydroxylation is 1. The number of halogens is 6. The van der Waals surface area contributed by atoms with Crippen molar-refractivity contribution in [2.24, 2.45) is 0 Å². The molecule has 2 aromatic rings. The molecule has 0 amide bonds. The van der Waals surface area contributed by atoms with Crippen molar-refractivity contribution in [2.75, 3.05) is 10.6 Å². The van der Waals surface area contributed by atoms with Crippen molar-refractivity contribution in [1.29, 1.82) is 0 Å². The number of nitrogens with one attached hydrogen (secondary N) is 2. The highest BCUT2D eigenvalue weighted by molar-refractivity contribution is 7.80. The Balaban J connectivity index is 2.27. The molecule has 0 saturated heterocycles. The van der Waals surface area contributed by atoms with Crippen molar-refractivity contribution in [1.82, 2.24) is 0 Å². The molecule has 9 heteroatoms. The molecule has 0 bridgehead atoms. The van der Waals surface area contributed by atoms with Crippen LogP contribution in [0.15, 0.2) is 42.5 Å². The summed E-state index contributed by atoms with van der Waals surface area (Å²) in [7, 11) is 0. The first-order valence-corrected chi connectivity index (χ1v) is 7.30. The molecule has 0 unspecified atom stereocenters. The van der Waals surface area contributed by atoms with Crippen LogP contribution in [0.2, 0.25) is 0 Å². The molecule has 25 heavy (non-hydrogen) atoms. The molecule has 0 aliphatic rings. The minimum atomic E-state index is -4.91. The summed E-state index contributed by atoms with van der Waals surface area (Å²) in [4.78, 5) is 0. The lowest BCUT2D eigenvalue weighted by Crippen LogP contribution is -2.20. The highest BCUT2D eigenvalue weighted by Gasteiger charge is 2.37. The topological polar surface area (TPSA) is 24.1 Å². The van der Waals surface area contributed by atoms with Crippen molar-refractivity contribution in [3.8, 4) is 0 Å². The van der Waals surface area contributed by atoms with E-state index < -0.39 is 29.2 Å². The SMILES string of the molecule is Cc1cccc(NC(=S)Nc2cc(C(F)(F)F)cc(C(F)(F)F)c2)c1. The normalized spacial score (nSPS) is 12.0. The van der Waals surface area contributed by atoms with Crippen molar-refractivity contribution in [2.45, 2.75) is 19.3 Å². The van der Waals surface area contributed by atoms with E-state index in [1.807, 2.05) is 13.0 Å². The molecule has 0 heterocycles. The number of anilines is 2. The molecular formula is C16H12F6N2S. The van der Waals surface area contributed by atoms with Crippen LogP contribution < -0.4 is 10.6 Å². The quantitative estimate of drug-likeness (QED) is 0.507. The van der Waals surface area contributed by atoms with Crippen LogP contribution in [0.5, 0.6) is 0 Å². The van der Waals surface area contributed by atoms with E-state index in [0.717, 1.165) is 5.56 Å². The van der Waals surface area contributed by atoms with Gasteiger partial charge in [-0.15, -0.1) is 0 Å². The summed E-state index contributed by atoms with van der Waals surface area (Å²) in [6.45, 7) is 1.82. The zero-order valence-electron chi connectivity index (χ0n) is 12.7. The van der Waals surface area contributed by atoms with Crippen LogP contribution in [0.3, 0.4) is 0 Å². The third kappa shape index (κ3) is 5.35. The molecule has 2 N–H and O–H groups in total. The average Bonchev–Trinajstić information content (AvgIpc) is 2.44. The molecular weight excluding hydrogens is 366 g/mol. The Hall–Kier alpha value is -2.29. The number of thiocarbonyl (C=S) groups is 1. The van der Waals surface area contributed by atoms with E-state index >= 15 is 0 Å². The van der Waals surface area contributed by atoms with E-state index in [1.54, 1.807) is 18.2 Å². The van der Waals surface area contributed by atoms with Gasteiger partial charge in [0.25, 0.3) is 0 Å². The summed E-state index contributed by atoms with van der Waals surface area (Å²) in [5.74, 6) is 0. The van der Waals surface area contributed by atoms with Crippen molar-refractivity contribution in [3.63, 3.8) is 0 Å². The van der Waals surface area contributed by atoms with Crippen LogP contribution >= 0.6 is 12.2 Å². The van der Waals surface area contributed by atoms with Crippen LogP contribution in [-0.2, 0) is 12.4 Å². The van der Waals surface area contributed by atoms with Crippen molar-refractivity contribution < 1.29 is 26.3 Å². The predicted molar refractivity (Wildman–Crippen MR) is 87.5 cm³/mol. The second-order valence-electron chi connectivity index (χ2n) is 5.24. The lowest BCUT2D eigenvalue weighted by molar-refractivity contribution is -0.143. The summed E-state index contributed by atoms with van der Waals surface area (Å²) >= 11 is 4.95. The van der Waals surface area contributed by atoms with Crippen molar-refractivity contribution in [3.05, 3.63) is 59.2 Å². The standard InChI is InChI=1S/C16H12F6N2S/c1-9-3-2-4-12(5-9)23-14(25)24-13-7-10(15(17,18)19)6-11(8-13)16(20,21)22/h2-8H,1H3,(H2,23,24,25). The number of rotatable bonds is 2. The molecule has 2 rings (SSSR count). The minimum Gasteiger partial charge on any atom is -0.332 e. The second-order valence-corrected chi connectivity index (χ2v) is 5.65. The molecule has 2 aromatic carbocycles. The maximum Gasteiger partial charge on any atom is 0.416 e. The van der Waals surface area contributed by atoms with Crippen LogP contribution in [0.25, 0.3) is 0 Å². The van der Waals surface area contributed by atoms with Crippen LogP contribution in [0, 0.1) is 6.92 Å². The van der Waals surface area contributed by atoms with Gasteiger partial charge in [0.15, 0.2) is 5.11 Å². The second kappa shape index (κ2) is 6.91. The summed E-state index contributed by atoms with van der Waals surface area (Å²) in [6, 6.07) is 8.13. The highest BCUT2D eigenvalue weighted by Crippen LogP contribution is 2.37. The molecule has 0 aromatic heterocycles. The zero-order valence-corrected chi connectivity index (χ0v) is 13.5. The van der Waals surface area contributed by atoms with Crippen LogP contribution in [-0.4, -0.2) is 5.11 Å². The van der Waals surface area contributed by atoms with Gasteiger partial charge >= 0.3 is 12.4 Å². The number of alkyl halides is 6. The Morgan fingerprint density at radius 2 is 1.32 bits per heavy atom. The first-order valence-electron chi connectivity index (χ1n) is 6.89. The number of benzene rings is 2. The first kappa shape index (κ1) is 19.0. The van der Waals surface area contributed by atoms with E-state index in [4.69, 9.17) is 12.2 Å². The maximum absolute atomic E-state index is 12.8. The summed E-state index contributed by atoms with van der Waals surface area (Å²) in [5.41, 5.74) is -1.77. The Kier molecular flexibility index (Phi) is 5.26. The molecule has 0 saturated carbocycles. The molecule has 0 aliphatic heterocycles. The van der Waals surface area contributed by atoms with E-state index in [1.165, 1.54) is 0 Å². The third-order valence-electron chi connectivity index (χ3n) is 3.12. The summed E-state index contributed by atoms with van der Waals surface area (Å²) in [5, 5.41) is 4.93. The van der Waals surface area contributed by atoms with Gasteiger partial charge in [-0.2, -0.15) is 26.3 Å². The molecule has 0 spiro atoms. The predicted octanol–water partition coefficient (Wildman–Crippen LogP) is 5.84. The van der Waals surface area contributed by atoms with E-state index in [-0.39, 0.29) is 11.2 Å². The van der Waals surface area contributed by atoms with E-state index in [9.17, 15) is 26.3 Å². The van der Waals surface area contributed by atoms with Crippen molar-refractivity contribution >= 4 is 28.7 Å². The fourth-order valence-corrected chi connectivity index (χ4v) is 2.28. The average molecular weight is 378 g/mol. The first-order chi connectivity index (χ1) is 11.4. The van der Waals surface area contributed by atoms with Gasteiger partial charge in [-0.3, -0.25) is 0 Å². The maximum atomic E-state index is 12.8. The Bertz CT molecular complexity index is 751. The van der Waals surface area contributed by atoms with Gasteiger partial charge in [-0.05, 0) is 55.0 Å². The molecule has 0 radical (unpaired) electrons. The lowest BCUT2D eigenvalue weighted by Gasteiger charge is -2.16. The van der Waals surface area contributed by atoms with Crippen LogP contribution in [0.4, 0.5) is 37.7 Å². The van der Waals surface area contributed by atoms with Gasteiger partial charge in [0.1, 0.15) is 0 Å². The van der Waals surface area contributed by atoms with Crippen LogP contribution in [0.1, 0.15) is 16.7 Å². The fraction of sp³-hybridized carbons (Fsp3) is 0.188. The van der Waals surface area contributed by atoms with E-state index in [0.29, 0.717) is 17.8 Å².